The molecule has 0 aliphatic rings. The molecule has 3 aromatic rings. The zero-order chi connectivity index (χ0) is 22.0. The highest BCUT2D eigenvalue weighted by molar-refractivity contribution is 7.15. The third-order valence-corrected chi connectivity index (χ3v) is 5.33. The van der Waals surface area contributed by atoms with Gasteiger partial charge in [-0.25, -0.2) is 23.5 Å². The summed E-state index contributed by atoms with van der Waals surface area (Å²) in [6.07, 6.45) is -0.477. The number of rotatable bonds is 5. The van der Waals surface area contributed by atoms with Crippen LogP contribution in [0.2, 0.25) is 0 Å². The largest absolute Gasteiger partial charge is 0.442 e. The number of thiazole rings is 1. The van der Waals surface area contributed by atoms with E-state index in [-0.39, 0.29) is 23.6 Å². The number of carbonyl (C=O) groups excluding carboxylic acids is 1. The molecular formula is C19H20F2N6O2S. The maximum atomic E-state index is 14.8. The first-order chi connectivity index (χ1) is 14.2. The number of aromatic nitrogens is 2. The summed E-state index contributed by atoms with van der Waals surface area (Å²) in [5, 5.41) is 0.587. The van der Waals surface area contributed by atoms with Crippen molar-refractivity contribution in [2.24, 2.45) is 5.84 Å². The standard InChI is InChI=1S/C19H20F2N6O2S/c1-9-18(30-14(24-9)8-29-19(28)27(2)3)13-6-4-5-12(25-13)10-7-11(20)16(22)17(26-23)15(10)21/h4-7,26H,8,22-23H2,1-3H3. The van der Waals surface area contributed by atoms with Crippen molar-refractivity contribution < 1.29 is 18.3 Å². The van der Waals surface area contributed by atoms with Gasteiger partial charge >= 0.3 is 6.09 Å². The van der Waals surface area contributed by atoms with Crippen molar-refractivity contribution in [3.8, 4) is 21.8 Å². The topological polar surface area (TPSA) is 119 Å². The van der Waals surface area contributed by atoms with Crippen LogP contribution < -0.4 is 17.0 Å². The van der Waals surface area contributed by atoms with Gasteiger partial charge in [0.25, 0.3) is 0 Å². The van der Waals surface area contributed by atoms with E-state index >= 15 is 0 Å². The van der Waals surface area contributed by atoms with Gasteiger partial charge in [-0.05, 0) is 25.1 Å². The zero-order valence-electron chi connectivity index (χ0n) is 16.5. The lowest BCUT2D eigenvalue weighted by atomic mass is 10.1. The van der Waals surface area contributed by atoms with E-state index in [2.05, 4.69) is 15.4 Å². The van der Waals surface area contributed by atoms with Crippen LogP contribution in [-0.4, -0.2) is 35.1 Å². The molecule has 158 valence electrons. The molecule has 1 aromatic carbocycles. The summed E-state index contributed by atoms with van der Waals surface area (Å²) in [7, 11) is 3.17. The van der Waals surface area contributed by atoms with Crippen molar-refractivity contribution in [1.29, 1.82) is 0 Å². The monoisotopic (exact) mass is 434 g/mol. The molecule has 0 fully saturated rings. The summed E-state index contributed by atoms with van der Waals surface area (Å²) in [4.78, 5) is 22.5. The lowest BCUT2D eigenvalue weighted by molar-refractivity contribution is 0.112. The Labute approximate surface area is 175 Å². The molecule has 0 bridgehead atoms. The second-order valence-corrected chi connectivity index (χ2v) is 7.62. The lowest BCUT2D eigenvalue weighted by Crippen LogP contribution is -2.22. The van der Waals surface area contributed by atoms with Gasteiger partial charge in [0.1, 0.15) is 23.1 Å². The van der Waals surface area contributed by atoms with Gasteiger partial charge in [0.15, 0.2) is 5.82 Å². The molecule has 11 heteroatoms. The normalized spacial score (nSPS) is 10.7. The first-order valence-electron chi connectivity index (χ1n) is 8.75. The van der Waals surface area contributed by atoms with Crippen molar-refractivity contribution in [2.45, 2.75) is 13.5 Å². The Morgan fingerprint density at radius 2 is 1.97 bits per heavy atom. The minimum Gasteiger partial charge on any atom is -0.442 e. The van der Waals surface area contributed by atoms with Gasteiger partial charge in [-0.2, -0.15) is 0 Å². The van der Waals surface area contributed by atoms with Crippen molar-refractivity contribution in [1.82, 2.24) is 14.9 Å². The predicted molar refractivity (Wildman–Crippen MR) is 112 cm³/mol. The van der Waals surface area contributed by atoms with E-state index in [0.29, 0.717) is 16.4 Å². The summed E-state index contributed by atoms with van der Waals surface area (Å²) >= 11 is 1.30. The number of nitrogens with one attached hydrogen (secondary N) is 1. The van der Waals surface area contributed by atoms with Gasteiger partial charge in [-0.15, -0.1) is 11.3 Å². The number of aryl methyl sites for hydroxylation is 1. The molecule has 2 aromatic heterocycles. The third kappa shape index (κ3) is 4.16. The van der Waals surface area contributed by atoms with E-state index in [1.807, 2.05) is 0 Å². The number of benzene rings is 1. The SMILES string of the molecule is Cc1nc(COC(=O)N(C)C)sc1-c1cccc(-c2cc(F)c(N)c(NN)c2F)n1. The number of hydrazine groups is 1. The Hall–Kier alpha value is -3.31. The van der Waals surface area contributed by atoms with E-state index in [1.54, 1.807) is 39.2 Å². The zero-order valence-corrected chi connectivity index (χ0v) is 17.3. The number of halogens is 2. The number of pyridine rings is 1. The summed E-state index contributed by atoms with van der Waals surface area (Å²) in [6, 6.07) is 5.93. The highest BCUT2D eigenvalue weighted by Gasteiger charge is 2.19. The third-order valence-electron chi connectivity index (χ3n) is 4.18. The van der Waals surface area contributed by atoms with Crippen LogP contribution >= 0.6 is 11.3 Å². The van der Waals surface area contributed by atoms with Crippen LogP contribution in [0.25, 0.3) is 21.8 Å². The number of nitrogens with zero attached hydrogens (tertiary/aromatic N) is 3. The molecular weight excluding hydrogens is 414 g/mol. The number of carbonyl (C=O) groups is 1. The molecule has 0 aliphatic carbocycles. The number of hydrogen-bond donors (Lipinski definition) is 3. The maximum Gasteiger partial charge on any atom is 0.409 e. The number of amides is 1. The van der Waals surface area contributed by atoms with Gasteiger partial charge in [-0.3, -0.25) is 5.84 Å². The highest BCUT2D eigenvalue weighted by atomic mass is 32.1. The molecule has 0 saturated heterocycles. The Bertz CT molecular complexity index is 1100. The van der Waals surface area contributed by atoms with E-state index in [9.17, 15) is 13.6 Å². The van der Waals surface area contributed by atoms with Crippen molar-refractivity contribution in [2.75, 3.05) is 25.3 Å². The van der Waals surface area contributed by atoms with E-state index in [1.165, 1.54) is 16.2 Å². The fourth-order valence-electron chi connectivity index (χ4n) is 2.68. The summed E-state index contributed by atoms with van der Waals surface area (Å²) in [5.41, 5.74) is 8.18. The van der Waals surface area contributed by atoms with Crippen LogP contribution in [0.3, 0.4) is 0 Å². The molecule has 0 spiro atoms. The summed E-state index contributed by atoms with van der Waals surface area (Å²) < 4.78 is 34.0. The van der Waals surface area contributed by atoms with Gasteiger partial charge in [-0.1, -0.05) is 6.07 Å². The smallest absolute Gasteiger partial charge is 0.409 e. The second kappa shape index (κ2) is 8.59. The highest BCUT2D eigenvalue weighted by Crippen LogP contribution is 2.35. The molecule has 1 amide bonds. The molecule has 8 nitrogen and oxygen atoms in total. The van der Waals surface area contributed by atoms with Gasteiger partial charge in [0.05, 0.1) is 27.6 Å². The Morgan fingerprint density at radius 1 is 1.27 bits per heavy atom. The average Bonchev–Trinajstić information content (AvgIpc) is 3.10. The fraction of sp³-hybridized carbons (Fsp3) is 0.211. The molecule has 0 aliphatic heterocycles. The first kappa shape index (κ1) is 21.4. The number of ether oxygens (including phenoxy) is 1. The molecule has 0 unspecified atom stereocenters. The fourth-order valence-corrected chi connectivity index (χ4v) is 3.63. The number of anilines is 2. The molecule has 30 heavy (non-hydrogen) atoms. The van der Waals surface area contributed by atoms with Crippen LogP contribution in [0.1, 0.15) is 10.7 Å². The molecule has 5 N–H and O–H groups in total. The summed E-state index contributed by atoms with van der Waals surface area (Å²) in [6.45, 7) is 1.81. The second-order valence-electron chi connectivity index (χ2n) is 6.53. The maximum absolute atomic E-state index is 14.8. The van der Waals surface area contributed by atoms with Gasteiger partial charge in [0, 0.05) is 19.7 Å². The average molecular weight is 434 g/mol. The minimum atomic E-state index is -0.814. The van der Waals surface area contributed by atoms with E-state index in [0.717, 1.165) is 10.9 Å². The van der Waals surface area contributed by atoms with E-state index in [4.69, 9.17) is 16.3 Å². The van der Waals surface area contributed by atoms with E-state index < -0.39 is 23.4 Å². The Kier molecular flexibility index (Phi) is 6.13. The molecule has 0 radical (unpaired) electrons. The predicted octanol–water partition coefficient (Wildman–Crippen LogP) is 3.52. The molecule has 2 heterocycles. The number of nitrogen functional groups attached to an aromatic ring is 2. The lowest BCUT2D eigenvalue weighted by Gasteiger charge is -2.12. The van der Waals surface area contributed by atoms with Crippen LogP contribution in [0.5, 0.6) is 0 Å². The Morgan fingerprint density at radius 3 is 2.63 bits per heavy atom. The molecule has 0 atom stereocenters. The van der Waals surface area contributed by atoms with Crippen LogP contribution in [0, 0.1) is 18.6 Å². The molecule has 3 rings (SSSR count). The van der Waals surface area contributed by atoms with Crippen LogP contribution in [0.4, 0.5) is 25.0 Å². The molecule has 0 saturated carbocycles. The van der Waals surface area contributed by atoms with Crippen molar-refractivity contribution in [3.05, 3.63) is 46.6 Å². The number of nitrogens with two attached hydrogens (primary N) is 2. The van der Waals surface area contributed by atoms with Crippen LogP contribution in [0.15, 0.2) is 24.3 Å². The Balaban J connectivity index is 1.96. The van der Waals surface area contributed by atoms with Gasteiger partial charge in [0.2, 0.25) is 0 Å². The quantitative estimate of drug-likeness (QED) is 0.319. The first-order valence-corrected chi connectivity index (χ1v) is 9.56. The number of hydrogen-bond acceptors (Lipinski definition) is 8. The minimum absolute atomic E-state index is 0.0194. The van der Waals surface area contributed by atoms with Crippen molar-refractivity contribution >= 4 is 28.8 Å². The summed E-state index contributed by atoms with van der Waals surface area (Å²) in [5.74, 6) is 3.66. The van der Waals surface area contributed by atoms with Crippen molar-refractivity contribution in [3.63, 3.8) is 0 Å². The van der Waals surface area contributed by atoms with Gasteiger partial charge < -0.3 is 20.8 Å². The van der Waals surface area contributed by atoms with Crippen LogP contribution in [-0.2, 0) is 11.3 Å².